The van der Waals surface area contributed by atoms with Gasteiger partial charge in [0.2, 0.25) is 5.91 Å². The molecule has 0 saturated carbocycles. The normalized spacial score (nSPS) is 12.0. The van der Waals surface area contributed by atoms with Crippen LogP contribution in [0.2, 0.25) is 0 Å². The summed E-state index contributed by atoms with van der Waals surface area (Å²) in [5, 5.41) is 3.14. The van der Waals surface area contributed by atoms with E-state index in [-0.39, 0.29) is 24.7 Å². The Bertz CT molecular complexity index is 1150. The van der Waals surface area contributed by atoms with Gasteiger partial charge in [-0.1, -0.05) is 19.1 Å². The van der Waals surface area contributed by atoms with E-state index in [9.17, 15) is 14.4 Å². The molecule has 164 valence electrons. The van der Waals surface area contributed by atoms with Gasteiger partial charge in [0.05, 0.1) is 18.3 Å². The van der Waals surface area contributed by atoms with Crippen LogP contribution >= 0.6 is 11.3 Å². The number of rotatable bonds is 8. The van der Waals surface area contributed by atoms with Crippen LogP contribution in [-0.2, 0) is 20.7 Å². The number of anilines is 1. The number of thiophene rings is 1. The SMILES string of the molecule is CCc1ccc(NC(=O)C(C)n2cnc3sc(C(=O)OCCOC)c(C)c3c2=O)cc1. The summed E-state index contributed by atoms with van der Waals surface area (Å²) in [5.74, 6) is -0.857. The van der Waals surface area contributed by atoms with Crippen LogP contribution in [0.25, 0.3) is 10.2 Å². The first-order valence-electron chi connectivity index (χ1n) is 9.93. The maximum atomic E-state index is 13.1. The molecule has 0 aliphatic heterocycles. The van der Waals surface area contributed by atoms with Crippen molar-refractivity contribution in [3.63, 3.8) is 0 Å². The lowest BCUT2D eigenvalue weighted by molar-refractivity contribution is -0.118. The van der Waals surface area contributed by atoms with Crippen LogP contribution < -0.4 is 10.9 Å². The van der Waals surface area contributed by atoms with Gasteiger partial charge >= 0.3 is 5.97 Å². The molecule has 1 unspecified atom stereocenters. The van der Waals surface area contributed by atoms with E-state index in [4.69, 9.17) is 9.47 Å². The number of carbonyl (C=O) groups excluding carboxylic acids is 2. The zero-order valence-corrected chi connectivity index (χ0v) is 18.7. The number of hydrogen-bond acceptors (Lipinski definition) is 7. The predicted molar refractivity (Wildman–Crippen MR) is 120 cm³/mol. The standard InChI is InChI=1S/C22H25N3O5S/c1-5-15-6-8-16(9-7-15)24-19(26)14(3)25-12-23-20-17(21(25)27)13(2)18(31-20)22(28)30-11-10-29-4/h6-9,12,14H,5,10-11H2,1-4H3,(H,24,26). The van der Waals surface area contributed by atoms with Crippen LogP contribution in [0, 0.1) is 6.92 Å². The van der Waals surface area contributed by atoms with Gasteiger partial charge in [-0.25, -0.2) is 9.78 Å². The topological polar surface area (TPSA) is 99.5 Å². The highest BCUT2D eigenvalue weighted by Gasteiger charge is 2.23. The number of nitrogens with zero attached hydrogens (tertiary/aromatic N) is 2. The molecule has 1 N–H and O–H groups in total. The third kappa shape index (κ3) is 4.83. The number of benzene rings is 1. The highest BCUT2D eigenvalue weighted by atomic mass is 32.1. The first-order valence-corrected chi connectivity index (χ1v) is 10.7. The molecular formula is C22H25N3O5S. The van der Waals surface area contributed by atoms with Crippen molar-refractivity contribution in [3.05, 3.63) is 57.0 Å². The number of aromatic nitrogens is 2. The Morgan fingerprint density at radius 2 is 1.94 bits per heavy atom. The van der Waals surface area contributed by atoms with Crippen molar-refractivity contribution in [3.8, 4) is 0 Å². The molecule has 9 heteroatoms. The number of esters is 1. The van der Waals surface area contributed by atoms with Gasteiger partial charge in [0.25, 0.3) is 5.56 Å². The van der Waals surface area contributed by atoms with Gasteiger partial charge < -0.3 is 14.8 Å². The summed E-state index contributed by atoms with van der Waals surface area (Å²) in [6.07, 6.45) is 2.25. The fourth-order valence-electron chi connectivity index (χ4n) is 3.09. The maximum Gasteiger partial charge on any atom is 0.348 e. The summed E-state index contributed by atoms with van der Waals surface area (Å²) in [4.78, 5) is 43.2. The Morgan fingerprint density at radius 1 is 1.23 bits per heavy atom. The van der Waals surface area contributed by atoms with E-state index in [2.05, 4.69) is 17.2 Å². The molecule has 2 aromatic heterocycles. The fourth-order valence-corrected chi connectivity index (χ4v) is 4.12. The molecule has 0 fully saturated rings. The number of nitrogens with one attached hydrogen (secondary N) is 1. The molecule has 0 bridgehead atoms. The van der Waals surface area contributed by atoms with Gasteiger partial charge in [-0.15, -0.1) is 11.3 Å². The molecule has 0 aliphatic rings. The zero-order chi connectivity index (χ0) is 22.5. The highest BCUT2D eigenvalue weighted by molar-refractivity contribution is 7.20. The molecule has 0 aliphatic carbocycles. The molecule has 1 atom stereocenters. The molecule has 1 amide bonds. The van der Waals surface area contributed by atoms with Crippen LogP contribution in [0.3, 0.4) is 0 Å². The van der Waals surface area contributed by atoms with Crippen LogP contribution in [-0.4, -0.2) is 41.8 Å². The summed E-state index contributed by atoms with van der Waals surface area (Å²) in [6, 6.07) is 6.77. The van der Waals surface area contributed by atoms with Crippen molar-refractivity contribution in [2.45, 2.75) is 33.2 Å². The average Bonchev–Trinajstić information content (AvgIpc) is 3.11. The third-order valence-electron chi connectivity index (χ3n) is 5.01. The number of ether oxygens (including phenoxy) is 2. The van der Waals surface area contributed by atoms with Crippen molar-refractivity contribution in [1.82, 2.24) is 9.55 Å². The molecule has 1 aromatic carbocycles. The van der Waals surface area contributed by atoms with Crippen molar-refractivity contribution >= 4 is 39.1 Å². The monoisotopic (exact) mass is 443 g/mol. The van der Waals surface area contributed by atoms with Crippen molar-refractivity contribution in [1.29, 1.82) is 0 Å². The first kappa shape index (κ1) is 22.6. The lowest BCUT2D eigenvalue weighted by Crippen LogP contribution is -2.31. The second-order valence-electron chi connectivity index (χ2n) is 7.04. The van der Waals surface area contributed by atoms with Crippen LogP contribution in [0.5, 0.6) is 0 Å². The van der Waals surface area contributed by atoms with E-state index in [1.54, 1.807) is 13.8 Å². The van der Waals surface area contributed by atoms with E-state index >= 15 is 0 Å². The number of aryl methyl sites for hydroxylation is 2. The van der Waals surface area contributed by atoms with Crippen molar-refractivity contribution in [2.75, 3.05) is 25.6 Å². The molecule has 31 heavy (non-hydrogen) atoms. The largest absolute Gasteiger partial charge is 0.459 e. The second kappa shape index (κ2) is 9.84. The van der Waals surface area contributed by atoms with Gasteiger partial charge in [0, 0.05) is 12.8 Å². The predicted octanol–water partition coefficient (Wildman–Crippen LogP) is 3.33. The quantitative estimate of drug-likeness (QED) is 0.423. The first-order chi connectivity index (χ1) is 14.9. The van der Waals surface area contributed by atoms with Gasteiger partial charge in [0.15, 0.2) is 0 Å². The summed E-state index contributed by atoms with van der Waals surface area (Å²) in [7, 11) is 1.52. The molecular weight excluding hydrogens is 418 g/mol. The average molecular weight is 444 g/mol. The summed E-state index contributed by atoms with van der Waals surface area (Å²) in [6.45, 7) is 5.78. The fraction of sp³-hybridized carbons (Fsp3) is 0.364. The van der Waals surface area contributed by atoms with Gasteiger partial charge in [-0.2, -0.15) is 0 Å². The molecule has 8 nitrogen and oxygen atoms in total. The van der Waals surface area contributed by atoms with Crippen LogP contribution in [0.4, 0.5) is 5.69 Å². The van der Waals surface area contributed by atoms with Gasteiger partial charge in [0.1, 0.15) is 22.4 Å². The van der Waals surface area contributed by atoms with Gasteiger partial charge in [-0.3, -0.25) is 14.2 Å². The van der Waals surface area contributed by atoms with Crippen molar-refractivity contribution < 1.29 is 19.1 Å². The minimum Gasteiger partial charge on any atom is -0.459 e. The molecule has 3 aromatic rings. The Hall–Kier alpha value is -3.04. The summed E-state index contributed by atoms with van der Waals surface area (Å²) in [5.41, 5.74) is 1.95. The third-order valence-corrected chi connectivity index (χ3v) is 6.19. The molecule has 0 saturated heterocycles. The van der Waals surface area contributed by atoms with Gasteiger partial charge in [-0.05, 0) is 43.5 Å². The number of hydrogen-bond donors (Lipinski definition) is 1. The van der Waals surface area contributed by atoms with Crippen LogP contribution in [0.15, 0.2) is 35.4 Å². The number of carbonyl (C=O) groups is 2. The minimum atomic E-state index is -0.786. The maximum absolute atomic E-state index is 13.1. The van der Waals surface area contributed by atoms with Crippen molar-refractivity contribution in [2.24, 2.45) is 0 Å². The Kier molecular flexibility index (Phi) is 7.19. The number of fused-ring (bicyclic) bond motifs is 1. The van der Waals surface area contributed by atoms with E-state index in [0.29, 0.717) is 26.3 Å². The van der Waals surface area contributed by atoms with E-state index in [0.717, 1.165) is 17.8 Å². The molecule has 0 radical (unpaired) electrons. The van der Waals surface area contributed by atoms with E-state index in [1.807, 2.05) is 24.3 Å². The lowest BCUT2D eigenvalue weighted by atomic mass is 10.1. The minimum absolute atomic E-state index is 0.122. The Balaban J connectivity index is 1.85. The van der Waals surface area contributed by atoms with E-state index < -0.39 is 12.0 Å². The molecule has 3 rings (SSSR count). The van der Waals surface area contributed by atoms with E-state index in [1.165, 1.54) is 23.6 Å². The number of methoxy groups -OCH3 is 1. The Morgan fingerprint density at radius 3 is 2.58 bits per heavy atom. The Labute approximate surface area is 183 Å². The lowest BCUT2D eigenvalue weighted by Gasteiger charge is -2.15. The summed E-state index contributed by atoms with van der Waals surface area (Å²) < 4.78 is 11.3. The highest BCUT2D eigenvalue weighted by Crippen LogP contribution is 2.28. The molecule has 2 heterocycles. The number of amides is 1. The van der Waals surface area contributed by atoms with Crippen LogP contribution in [0.1, 0.15) is 40.7 Å². The molecule has 0 spiro atoms. The zero-order valence-electron chi connectivity index (χ0n) is 17.9. The second-order valence-corrected chi connectivity index (χ2v) is 8.04. The smallest absolute Gasteiger partial charge is 0.348 e. The summed E-state index contributed by atoms with van der Waals surface area (Å²) >= 11 is 1.10.